The predicted molar refractivity (Wildman–Crippen MR) is 96.7 cm³/mol. The summed E-state index contributed by atoms with van der Waals surface area (Å²) in [4.78, 5) is 24.2. The third-order valence-corrected chi connectivity index (χ3v) is 3.85. The maximum absolute atomic E-state index is 12.3. The molecular formula is C19H16N2O5. The van der Waals surface area contributed by atoms with Gasteiger partial charge in [-0.15, -0.1) is 0 Å². The average Bonchev–Trinajstić information content (AvgIpc) is 2.58. The Balaban J connectivity index is 1.90. The largest absolute Gasteiger partial charge is 0.507 e. The molecule has 3 rings (SSSR count). The van der Waals surface area contributed by atoms with Gasteiger partial charge in [0.25, 0.3) is 5.91 Å². The topological polar surface area (TPSA) is 112 Å². The Hall–Kier alpha value is -3.61. The van der Waals surface area contributed by atoms with E-state index in [1.807, 2.05) is 24.3 Å². The van der Waals surface area contributed by atoms with Crippen molar-refractivity contribution in [1.29, 1.82) is 0 Å². The lowest BCUT2D eigenvalue weighted by atomic mass is 10.1. The zero-order valence-electron chi connectivity index (χ0n) is 14.1. The van der Waals surface area contributed by atoms with Crippen molar-refractivity contribution in [3.63, 3.8) is 0 Å². The summed E-state index contributed by atoms with van der Waals surface area (Å²) in [7, 11) is 0. The number of nitrogens with one attached hydrogen (secondary N) is 1. The first kappa shape index (κ1) is 17.2. The number of aryl methyl sites for hydroxylation is 1. The maximum Gasteiger partial charge on any atom is 0.348 e. The minimum absolute atomic E-state index is 0.0420. The summed E-state index contributed by atoms with van der Waals surface area (Å²) in [6.45, 7) is 2.98. The monoisotopic (exact) mass is 352 g/mol. The van der Waals surface area contributed by atoms with Crippen LogP contribution in [0, 0.1) is 6.92 Å². The van der Waals surface area contributed by atoms with Crippen molar-refractivity contribution in [2.24, 2.45) is 5.10 Å². The van der Waals surface area contributed by atoms with E-state index in [-0.39, 0.29) is 34.1 Å². The fraction of sp³-hybridized carbons (Fsp3) is 0.105. The highest BCUT2D eigenvalue weighted by atomic mass is 16.4. The van der Waals surface area contributed by atoms with Gasteiger partial charge in [-0.25, -0.2) is 10.2 Å². The first-order valence-corrected chi connectivity index (χ1v) is 7.77. The van der Waals surface area contributed by atoms with E-state index in [0.29, 0.717) is 0 Å². The van der Waals surface area contributed by atoms with Crippen LogP contribution in [0.4, 0.5) is 0 Å². The molecule has 0 aliphatic rings. The lowest BCUT2D eigenvalue weighted by Gasteiger charge is -2.07. The molecule has 0 aliphatic heterocycles. The van der Waals surface area contributed by atoms with Crippen LogP contribution in [0.5, 0.6) is 11.5 Å². The van der Waals surface area contributed by atoms with E-state index < -0.39 is 11.5 Å². The molecule has 0 saturated carbocycles. The standard InChI is InChI=1S/C19H16N2O5/c1-10-7-16(23)17(19(25)26-10)11(2)20-21-18(24)14-8-12-5-3-4-6-13(12)9-15(14)22/h3-9,22-23H,1-2H3,(H,21,24)/b20-11+. The Bertz CT molecular complexity index is 1100. The second-order valence-corrected chi connectivity index (χ2v) is 5.76. The number of fused-ring (bicyclic) bond motifs is 1. The molecule has 0 unspecified atom stereocenters. The highest BCUT2D eigenvalue weighted by Gasteiger charge is 2.15. The molecule has 0 atom stereocenters. The van der Waals surface area contributed by atoms with Crippen molar-refractivity contribution >= 4 is 22.4 Å². The van der Waals surface area contributed by atoms with Gasteiger partial charge >= 0.3 is 5.63 Å². The van der Waals surface area contributed by atoms with Crippen molar-refractivity contribution in [1.82, 2.24) is 5.43 Å². The SMILES string of the molecule is C/C(=N\NC(=O)c1cc2ccccc2cc1O)c1c(O)cc(C)oc1=O. The molecule has 26 heavy (non-hydrogen) atoms. The third-order valence-electron chi connectivity index (χ3n) is 3.85. The lowest BCUT2D eigenvalue weighted by molar-refractivity contribution is 0.0952. The molecule has 0 fully saturated rings. The van der Waals surface area contributed by atoms with Crippen LogP contribution in [0.25, 0.3) is 10.8 Å². The van der Waals surface area contributed by atoms with Gasteiger partial charge in [0.2, 0.25) is 0 Å². The number of hydrogen-bond donors (Lipinski definition) is 3. The first-order valence-electron chi connectivity index (χ1n) is 7.77. The number of hydrazone groups is 1. The molecule has 3 N–H and O–H groups in total. The highest BCUT2D eigenvalue weighted by molar-refractivity contribution is 6.04. The third kappa shape index (κ3) is 3.27. The zero-order chi connectivity index (χ0) is 18.8. The van der Waals surface area contributed by atoms with Crippen LogP contribution in [-0.2, 0) is 0 Å². The van der Waals surface area contributed by atoms with Crippen LogP contribution < -0.4 is 11.1 Å². The molecule has 0 aliphatic carbocycles. The van der Waals surface area contributed by atoms with E-state index in [1.54, 1.807) is 6.07 Å². The van der Waals surface area contributed by atoms with Crippen molar-refractivity contribution in [2.75, 3.05) is 0 Å². The zero-order valence-corrected chi connectivity index (χ0v) is 14.1. The smallest absolute Gasteiger partial charge is 0.348 e. The highest BCUT2D eigenvalue weighted by Crippen LogP contribution is 2.25. The van der Waals surface area contributed by atoms with E-state index in [9.17, 15) is 19.8 Å². The van der Waals surface area contributed by atoms with Crippen molar-refractivity contribution in [3.8, 4) is 11.5 Å². The minimum atomic E-state index is -0.758. The van der Waals surface area contributed by atoms with Crippen molar-refractivity contribution < 1.29 is 19.4 Å². The van der Waals surface area contributed by atoms with E-state index in [2.05, 4.69) is 10.5 Å². The Morgan fingerprint density at radius 2 is 1.73 bits per heavy atom. The van der Waals surface area contributed by atoms with Gasteiger partial charge in [0, 0.05) is 6.07 Å². The molecule has 0 saturated heterocycles. The normalized spacial score (nSPS) is 11.5. The average molecular weight is 352 g/mol. The molecular weight excluding hydrogens is 336 g/mol. The molecule has 7 nitrogen and oxygen atoms in total. The summed E-state index contributed by atoms with van der Waals surface area (Å²) in [5.41, 5.74) is 1.49. The van der Waals surface area contributed by atoms with Gasteiger partial charge in [-0.1, -0.05) is 24.3 Å². The quantitative estimate of drug-likeness (QED) is 0.495. The van der Waals surface area contributed by atoms with E-state index in [0.717, 1.165) is 10.8 Å². The molecule has 132 valence electrons. The predicted octanol–water partition coefficient (Wildman–Crippen LogP) is 2.67. The summed E-state index contributed by atoms with van der Waals surface area (Å²) >= 11 is 0. The van der Waals surface area contributed by atoms with Crippen LogP contribution in [-0.4, -0.2) is 21.8 Å². The molecule has 3 aromatic rings. The van der Waals surface area contributed by atoms with Crippen molar-refractivity contribution in [3.05, 3.63) is 69.8 Å². The number of rotatable bonds is 3. The number of carbonyl (C=O) groups is 1. The van der Waals surface area contributed by atoms with Crippen LogP contribution in [0.3, 0.4) is 0 Å². The maximum atomic E-state index is 12.3. The lowest BCUT2D eigenvalue weighted by Crippen LogP contribution is -2.21. The molecule has 2 aromatic carbocycles. The Labute approximate surface area is 148 Å². The second-order valence-electron chi connectivity index (χ2n) is 5.76. The summed E-state index contributed by atoms with van der Waals surface area (Å²) in [5, 5.41) is 25.4. The number of aromatic hydroxyl groups is 2. The fourth-order valence-corrected chi connectivity index (χ4v) is 2.59. The van der Waals surface area contributed by atoms with Crippen molar-refractivity contribution in [2.45, 2.75) is 13.8 Å². The van der Waals surface area contributed by atoms with E-state index in [1.165, 1.54) is 26.0 Å². The Kier molecular flexibility index (Phi) is 4.45. The van der Waals surface area contributed by atoms with Gasteiger partial charge in [0.1, 0.15) is 22.8 Å². The molecule has 0 spiro atoms. The molecule has 0 radical (unpaired) electrons. The van der Waals surface area contributed by atoms with E-state index in [4.69, 9.17) is 4.42 Å². The first-order chi connectivity index (χ1) is 12.4. The molecule has 0 bridgehead atoms. The van der Waals surface area contributed by atoms with E-state index >= 15 is 0 Å². The molecule has 1 aromatic heterocycles. The number of hydrogen-bond acceptors (Lipinski definition) is 6. The summed E-state index contributed by atoms with van der Waals surface area (Å²) in [6, 6.07) is 11.6. The Morgan fingerprint density at radius 3 is 2.38 bits per heavy atom. The number of nitrogens with zero attached hydrogens (tertiary/aromatic N) is 1. The summed E-state index contributed by atoms with van der Waals surface area (Å²) < 4.78 is 4.92. The van der Waals surface area contributed by atoms with Gasteiger partial charge in [-0.2, -0.15) is 5.10 Å². The van der Waals surface area contributed by atoms with Crippen LogP contribution in [0.2, 0.25) is 0 Å². The van der Waals surface area contributed by atoms with Gasteiger partial charge in [0.05, 0.1) is 11.3 Å². The minimum Gasteiger partial charge on any atom is -0.507 e. The number of amides is 1. The molecule has 1 heterocycles. The molecule has 7 heteroatoms. The van der Waals surface area contributed by atoms with Crippen LogP contribution >= 0.6 is 0 Å². The van der Waals surface area contributed by atoms with Gasteiger partial charge in [-0.3, -0.25) is 4.79 Å². The summed E-state index contributed by atoms with van der Waals surface area (Å²) in [6.07, 6.45) is 0. The molecule has 1 amide bonds. The van der Waals surface area contributed by atoms with Crippen LogP contribution in [0.1, 0.15) is 28.6 Å². The number of phenols is 1. The van der Waals surface area contributed by atoms with Gasteiger partial charge in [0.15, 0.2) is 0 Å². The number of phenolic OH excluding ortho intramolecular Hbond substituents is 1. The van der Waals surface area contributed by atoms with Gasteiger partial charge < -0.3 is 14.6 Å². The number of carbonyl (C=O) groups excluding carboxylic acids is 1. The fourth-order valence-electron chi connectivity index (χ4n) is 2.59. The van der Waals surface area contributed by atoms with Gasteiger partial charge in [-0.05, 0) is 36.8 Å². The second kappa shape index (κ2) is 6.72. The van der Waals surface area contributed by atoms with Crippen LogP contribution in [0.15, 0.2) is 56.8 Å². The Morgan fingerprint density at radius 1 is 1.08 bits per heavy atom. The number of benzene rings is 2. The summed E-state index contributed by atoms with van der Waals surface area (Å²) in [5.74, 6) is -0.868.